The van der Waals surface area contributed by atoms with Crippen LogP contribution in [0.25, 0.3) is 0 Å². The number of ether oxygens (including phenoxy) is 2. The topological polar surface area (TPSA) is 52.6 Å². The molecule has 0 aliphatic carbocycles. The van der Waals surface area contributed by atoms with Crippen molar-refractivity contribution in [1.29, 1.82) is 0 Å². The lowest BCUT2D eigenvalue weighted by Crippen LogP contribution is -2.17. The fourth-order valence-electron chi connectivity index (χ4n) is 0.914. The molecule has 0 aliphatic rings. The minimum absolute atomic E-state index is 0.248. The minimum atomic E-state index is -0.436. The summed E-state index contributed by atoms with van der Waals surface area (Å²) in [5, 5.41) is 0. The van der Waals surface area contributed by atoms with Crippen LogP contribution in [0.5, 0.6) is 0 Å². The van der Waals surface area contributed by atoms with E-state index in [1.807, 2.05) is 6.92 Å². The molecule has 0 saturated carbocycles. The molecule has 0 heterocycles. The van der Waals surface area contributed by atoms with Gasteiger partial charge in [0, 0.05) is 19.3 Å². The van der Waals surface area contributed by atoms with E-state index in [1.54, 1.807) is 6.92 Å². The van der Waals surface area contributed by atoms with Gasteiger partial charge in [-0.25, -0.2) is 0 Å². The average molecular weight is 215 g/mol. The van der Waals surface area contributed by atoms with E-state index >= 15 is 0 Å². The van der Waals surface area contributed by atoms with Gasteiger partial charge >= 0.3 is 11.9 Å². The van der Waals surface area contributed by atoms with Crippen molar-refractivity contribution in [2.75, 3.05) is 6.61 Å². The summed E-state index contributed by atoms with van der Waals surface area (Å²) in [6, 6.07) is 0. The molecule has 4 nitrogen and oxygen atoms in total. The zero-order valence-electron chi connectivity index (χ0n) is 9.45. The summed E-state index contributed by atoms with van der Waals surface area (Å²) < 4.78 is 9.80. The van der Waals surface area contributed by atoms with Gasteiger partial charge in [0.15, 0.2) is 0 Å². The van der Waals surface area contributed by atoms with E-state index in [-0.39, 0.29) is 18.5 Å². The van der Waals surface area contributed by atoms with Gasteiger partial charge in [0.25, 0.3) is 0 Å². The average Bonchev–Trinajstić information content (AvgIpc) is 2.17. The Hall–Kier alpha value is -1.06. The summed E-state index contributed by atoms with van der Waals surface area (Å²) in [6.07, 6.45) is 1.53. The van der Waals surface area contributed by atoms with Crippen LogP contribution in [0.1, 0.15) is 39.5 Å². The quantitative estimate of drug-likeness (QED) is 0.608. The minimum Gasteiger partial charge on any atom is -0.466 e. The second-order valence-electron chi connectivity index (χ2n) is 3.22. The number of carbonyl (C=O) groups is 2. The van der Waals surface area contributed by atoms with Gasteiger partial charge in [-0.2, -0.15) is 0 Å². The van der Waals surface area contributed by atoms with Gasteiger partial charge in [0.05, 0.1) is 6.61 Å². The van der Waals surface area contributed by atoms with Crippen LogP contribution in [0.3, 0.4) is 0 Å². The summed E-state index contributed by atoms with van der Waals surface area (Å²) in [6.45, 7) is 7.53. The Morgan fingerprint density at radius 2 is 1.93 bits per heavy atom. The fraction of sp³-hybridized carbons (Fsp3) is 0.727. The first-order chi connectivity index (χ1) is 7.10. The lowest BCUT2D eigenvalue weighted by molar-refractivity contribution is -0.149. The highest BCUT2D eigenvalue weighted by molar-refractivity contribution is 5.69. The van der Waals surface area contributed by atoms with Gasteiger partial charge in [0.2, 0.25) is 0 Å². The maximum absolute atomic E-state index is 11.0. The molecule has 1 atom stereocenters. The van der Waals surface area contributed by atoms with E-state index in [1.165, 1.54) is 0 Å². The third kappa shape index (κ3) is 7.97. The first-order valence-corrected chi connectivity index (χ1v) is 5.28. The summed E-state index contributed by atoms with van der Waals surface area (Å²) in [4.78, 5) is 21.8. The highest BCUT2D eigenvalue weighted by Gasteiger charge is 2.09. The zero-order chi connectivity index (χ0) is 11.7. The van der Waals surface area contributed by atoms with E-state index in [9.17, 15) is 9.59 Å². The molecule has 0 amide bonds. The van der Waals surface area contributed by atoms with Gasteiger partial charge in [-0.1, -0.05) is 13.8 Å². The standard InChI is InChI=1S/C11H19O4/c1-4-6-11(13)15-9(3)7-8-14-10(12)5-2/h9H,3-8H2,1-2H3. The summed E-state index contributed by atoms with van der Waals surface area (Å²) in [5.74, 6) is -0.499. The van der Waals surface area contributed by atoms with Crippen LogP contribution < -0.4 is 0 Å². The Labute approximate surface area is 90.9 Å². The largest absolute Gasteiger partial charge is 0.466 e. The van der Waals surface area contributed by atoms with Crippen LogP contribution in [0, 0.1) is 6.92 Å². The molecule has 0 saturated heterocycles. The maximum atomic E-state index is 11.0. The predicted octanol–water partition coefficient (Wildman–Crippen LogP) is 1.88. The number of esters is 2. The van der Waals surface area contributed by atoms with Gasteiger partial charge < -0.3 is 9.47 Å². The van der Waals surface area contributed by atoms with Crippen LogP contribution in [-0.2, 0) is 19.1 Å². The van der Waals surface area contributed by atoms with Crippen LogP contribution in [0.15, 0.2) is 0 Å². The lowest BCUT2D eigenvalue weighted by Gasteiger charge is -2.12. The maximum Gasteiger partial charge on any atom is 0.306 e. The molecule has 0 rings (SSSR count). The first kappa shape index (κ1) is 13.9. The Morgan fingerprint density at radius 1 is 1.27 bits per heavy atom. The monoisotopic (exact) mass is 215 g/mol. The molecule has 0 aromatic rings. The van der Waals surface area contributed by atoms with Gasteiger partial charge in [-0.05, 0) is 13.3 Å². The molecule has 0 spiro atoms. The summed E-state index contributed by atoms with van der Waals surface area (Å²) in [7, 11) is 0. The van der Waals surface area contributed by atoms with Crippen LogP contribution >= 0.6 is 0 Å². The molecule has 0 N–H and O–H groups in total. The number of rotatable bonds is 7. The van der Waals surface area contributed by atoms with Crippen LogP contribution in [-0.4, -0.2) is 24.6 Å². The molecule has 0 fully saturated rings. The number of carbonyl (C=O) groups excluding carboxylic acids is 2. The molecule has 0 bridgehead atoms. The summed E-state index contributed by atoms with van der Waals surface area (Å²) in [5.41, 5.74) is 0. The second kappa shape index (κ2) is 8.26. The third-order valence-corrected chi connectivity index (χ3v) is 1.74. The van der Waals surface area contributed by atoms with E-state index in [4.69, 9.17) is 9.47 Å². The van der Waals surface area contributed by atoms with Gasteiger partial charge in [-0.15, -0.1) is 0 Å². The van der Waals surface area contributed by atoms with E-state index in [0.717, 1.165) is 6.42 Å². The van der Waals surface area contributed by atoms with E-state index in [0.29, 0.717) is 19.3 Å². The molecule has 0 aromatic carbocycles. The Kier molecular flexibility index (Phi) is 7.68. The molecule has 87 valence electrons. The molecule has 0 aliphatic heterocycles. The molecule has 15 heavy (non-hydrogen) atoms. The van der Waals surface area contributed by atoms with Crippen molar-refractivity contribution >= 4 is 11.9 Å². The SMILES string of the molecule is [CH2]C(CCOC(=O)CC)OC(=O)CCC. The highest BCUT2D eigenvalue weighted by Crippen LogP contribution is 2.01. The molecule has 4 heteroatoms. The van der Waals surface area contributed by atoms with Crippen molar-refractivity contribution in [2.45, 2.75) is 45.6 Å². The molecule has 0 aromatic heterocycles. The molecule has 1 unspecified atom stereocenters. The first-order valence-electron chi connectivity index (χ1n) is 5.28. The van der Waals surface area contributed by atoms with Crippen molar-refractivity contribution in [3.05, 3.63) is 6.92 Å². The normalized spacial score (nSPS) is 11.9. The van der Waals surface area contributed by atoms with Crippen molar-refractivity contribution in [3.63, 3.8) is 0 Å². The lowest BCUT2D eigenvalue weighted by atomic mass is 10.3. The predicted molar refractivity (Wildman–Crippen MR) is 56.0 cm³/mol. The second-order valence-corrected chi connectivity index (χ2v) is 3.22. The van der Waals surface area contributed by atoms with Crippen molar-refractivity contribution in [3.8, 4) is 0 Å². The Morgan fingerprint density at radius 3 is 2.47 bits per heavy atom. The highest BCUT2D eigenvalue weighted by atomic mass is 16.6. The van der Waals surface area contributed by atoms with Gasteiger partial charge in [-0.3, -0.25) is 9.59 Å². The number of hydrogen-bond donors (Lipinski definition) is 0. The molecule has 1 radical (unpaired) electrons. The van der Waals surface area contributed by atoms with Crippen LogP contribution in [0.4, 0.5) is 0 Å². The van der Waals surface area contributed by atoms with Crippen molar-refractivity contribution in [1.82, 2.24) is 0 Å². The number of hydrogen-bond acceptors (Lipinski definition) is 4. The van der Waals surface area contributed by atoms with Gasteiger partial charge in [0.1, 0.15) is 6.10 Å². The van der Waals surface area contributed by atoms with Crippen molar-refractivity contribution < 1.29 is 19.1 Å². The molecular weight excluding hydrogens is 196 g/mol. The third-order valence-electron chi connectivity index (χ3n) is 1.74. The van der Waals surface area contributed by atoms with E-state index < -0.39 is 6.10 Å². The summed E-state index contributed by atoms with van der Waals surface area (Å²) >= 11 is 0. The smallest absolute Gasteiger partial charge is 0.306 e. The van der Waals surface area contributed by atoms with Crippen molar-refractivity contribution in [2.24, 2.45) is 0 Å². The zero-order valence-corrected chi connectivity index (χ0v) is 9.45. The Bertz CT molecular complexity index is 201. The Balaban J connectivity index is 3.52. The molecular formula is C11H19O4. The van der Waals surface area contributed by atoms with Crippen LogP contribution in [0.2, 0.25) is 0 Å². The fourth-order valence-corrected chi connectivity index (χ4v) is 0.914. The van der Waals surface area contributed by atoms with E-state index in [2.05, 4.69) is 6.92 Å².